The number of hydrogen-bond donors (Lipinski definition) is 2. The lowest BCUT2D eigenvalue weighted by atomic mass is 9.73. The summed E-state index contributed by atoms with van der Waals surface area (Å²) >= 11 is 0. The van der Waals surface area contributed by atoms with Crippen LogP contribution in [0.2, 0.25) is 0 Å². The SMILES string of the molecule is COC(C)(C)CNC(=O)C1CC2CCC1NC2. The number of piperidine rings is 2. The Morgan fingerprint density at radius 1 is 1.47 bits per heavy atom. The van der Waals surface area contributed by atoms with E-state index in [1.807, 2.05) is 13.8 Å². The average molecular weight is 240 g/mol. The van der Waals surface area contributed by atoms with Crippen LogP contribution in [0.25, 0.3) is 0 Å². The van der Waals surface area contributed by atoms with E-state index in [0.717, 1.165) is 19.4 Å². The van der Waals surface area contributed by atoms with Gasteiger partial charge in [-0.3, -0.25) is 4.79 Å². The van der Waals surface area contributed by atoms with Gasteiger partial charge in [-0.25, -0.2) is 0 Å². The third-order valence-electron chi connectivity index (χ3n) is 4.21. The lowest BCUT2D eigenvalue weighted by Gasteiger charge is -2.42. The standard InChI is InChI=1S/C13H24N2O2/c1-13(2,17-3)8-15-12(16)10-6-9-4-5-11(10)14-7-9/h9-11,14H,4-8H2,1-3H3,(H,15,16). The van der Waals surface area contributed by atoms with E-state index in [4.69, 9.17) is 4.74 Å². The zero-order valence-electron chi connectivity index (χ0n) is 11.1. The van der Waals surface area contributed by atoms with Crippen LogP contribution in [0.15, 0.2) is 0 Å². The number of hydrogen-bond acceptors (Lipinski definition) is 3. The highest BCUT2D eigenvalue weighted by Crippen LogP contribution is 2.33. The molecule has 0 aromatic rings. The van der Waals surface area contributed by atoms with E-state index in [1.54, 1.807) is 7.11 Å². The minimum atomic E-state index is -0.281. The van der Waals surface area contributed by atoms with Gasteiger partial charge in [0.25, 0.3) is 0 Å². The van der Waals surface area contributed by atoms with Crippen molar-refractivity contribution in [1.29, 1.82) is 0 Å². The van der Waals surface area contributed by atoms with Gasteiger partial charge in [-0.2, -0.15) is 0 Å². The molecule has 1 saturated carbocycles. The van der Waals surface area contributed by atoms with Gasteiger partial charge in [-0.1, -0.05) is 0 Å². The quantitative estimate of drug-likeness (QED) is 0.768. The molecule has 3 atom stereocenters. The van der Waals surface area contributed by atoms with Crippen molar-refractivity contribution in [2.45, 2.75) is 44.8 Å². The first-order chi connectivity index (χ1) is 8.02. The van der Waals surface area contributed by atoms with Crippen molar-refractivity contribution in [3.05, 3.63) is 0 Å². The summed E-state index contributed by atoms with van der Waals surface area (Å²) in [4.78, 5) is 12.1. The molecule has 2 aliphatic heterocycles. The minimum Gasteiger partial charge on any atom is -0.377 e. The molecule has 0 aromatic carbocycles. The van der Waals surface area contributed by atoms with Crippen LogP contribution in [0.3, 0.4) is 0 Å². The summed E-state index contributed by atoms with van der Waals surface area (Å²) in [5.74, 6) is 1.05. The second-order valence-electron chi connectivity index (χ2n) is 5.98. The molecule has 0 aromatic heterocycles. The number of fused-ring (bicyclic) bond motifs is 3. The van der Waals surface area contributed by atoms with Crippen LogP contribution in [0.1, 0.15) is 33.1 Å². The topological polar surface area (TPSA) is 50.4 Å². The van der Waals surface area contributed by atoms with Crippen molar-refractivity contribution in [2.24, 2.45) is 11.8 Å². The van der Waals surface area contributed by atoms with Crippen LogP contribution >= 0.6 is 0 Å². The molecule has 3 fully saturated rings. The molecule has 0 spiro atoms. The molecule has 3 unspecified atom stereocenters. The van der Waals surface area contributed by atoms with Gasteiger partial charge in [-0.15, -0.1) is 0 Å². The monoisotopic (exact) mass is 240 g/mol. The van der Waals surface area contributed by atoms with E-state index in [2.05, 4.69) is 10.6 Å². The Bertz CT molecular complexity index is 283. The minimum absolute atomic E-state index is 0.162. The molecule has 0 radical (unpaired) electrons. The van der Waals surface area contributed by atoms with Gasteiger partial charge in [0.15, 0.2) is 0 Å². The fraction of sp³-hybridized carbons (Fsp3) is 0.923. The molecule has 1 aliphatic carbocycles. The number of carbonyl (C=O) groups is 1. The Morgan fingerprint density at radius 3 is 2.71 bits per heavy atom. The highest BCUT2D eigenvalue weighted by Gasteiger charge is 2.39. The lowest BCUT2D eigenvalue weighted by Crippen LogP contribution is -2.55. The van der Waals surface area contributed by atoms with Crippen molar-refractivity contribution in [2.75, 3.05) is 20.2 Å². The van der Waals surface area contributed by atoms with Gasteiger partial charge < -0.3 is 15.4 Å². The van der Waals surface area contributed by atoms with Crippen LogP contribution in [-0.2, 0) is 9.53 Å². The molecule has 2 saturated heterocycles. The summed E-state index contributed by atoms with van der Waals surface area (Å²) in [5.41, 5.74) is -0.281. The first kappa shape index (κ1) is 12.8. The predicted octanol–water partition coefficient (Wildman–Crippen LogP) is 0.916. The van der Waals surface area contributed by atoms with Crippen molar-refractivity contribution in [1.82, 2.24) is 10.6 Å². The van der Waals surface area contributed by atoms with Crippen LogP contribution in [-0.4, -0.2) is 37.7 Å². The Balaban J connectivity index is 1.84. The highest BCUT2D eigenvalue weighted by molar-refractivity contribution is 5.79. The summed E-state index contributed by atoms with van der Waals surface area (Å²) in [5, 5.41) is 6.49. The number of nitrogens with one attached hydrogen (secondary N) is 2. The van der Waals surface area contributed by atoms with Crippen LogP contribution in [0.5, 0.6) is 0 Å². The molecule has 4 nitrogen and oxygen atoms in total. The third-order valence-corrected chi connectivity index (χ3v) is 4.21. The summed E-state index contributed by atoms with van der Waals surface area (Å²) in [6, 6.07) is 0.394. The summed E-state index contributed by atoms with van der Waals surface area (Å²) in [6.07, 6.45) is 3.48. The van der Waals surface area contributed by atoms with Gasteiger partial charge in [0, 0.05) is 19.7 Å². The molecular formula is C13H24N2O2. The molecular weight excluding hydrogens is 216 g/mol. The third kappa shape index (κ3) is 2.99. The maximum absolute atomic E-state index is 12.1. The fourth-order valence-corrected chi connectivity index (χ4v) is 2.80. The molecule has 4 heteroatoms. The van der Waals surface area contributed by atoms with Crippen molar-refractivity contribution < 1.29 is 9.53 Å². The zero-order chi connectivity index (χ0) is 12.5. The molecule has 1 amide bonds. The molecule has 2 heterocycles. The van der Waals surface area contributed by atoms with E-state index in [0.29, 0.717) is 18.5 Å². The first-order valence-corrected chi connectivity index (χ1v) is 6.58. The zero-order valence-corrected chi connectivity index (χ0v) is 11.1. The van der Waals surface area contributed by atoms with Gasteiger partial charge >= 0.3 is 0 Å². The van der Waals surface area contributed by atoms with Crippen LogP contribution in [0.4, 0.5) is 0 Å². The molecule has 3 rings (SSSR count). The van der Waals surface area contributed by atoms with E-state index >= 15 is 0 Å². The lowest BCUT2D eigenvalue weighted by molar-refractivity contribution is -0.129. The normalized spacial score (nSPS) is 32.5. The van der Waals surface area contributed by atoms with Gasteiger partial charge in [0.05, 0.1) is 11.5 Å². The number of ether oxygens (including phenoxy) is 1. The average Bonchev–Trinajstić information content (AvgIpc) is 2.37. The van der Waals surface area contributed by atoms with E-state index in [9.17, 15) is 4.79 Å². The van der Waals surface area contributed by atoms with Gasteiger partial charge in [0.2, 0.25) is 5.91 Å². The van der Waals surface area contributed by atoms with Crippen molar-refractivity contribution >= 4 is 5.91 Å². The van der Waals surface area contributed by atoms with Gasteiger partial charge in [0.1, 0.15) is 0 Å². The Kier molecular flexibility index (Phi) is 3.73. The largest absolute Gasteiger partial charge is 0.377 e. The molecule has 2 bridgehead atoms. The predicted molar refractivity (Wildman–Crippen MR) is 66.7 cm³/mol. The summed E-state index contributed by atoms with van der Waals surface area (Å²) in [6.45, 7) is 5.64. The molecule has 2 N–H and O–H groups in total. The second kappa shape index (κ2) is 4.94. The van der Waals surface area contributed by atoms with Crippen molar-refractivity contribution in [3.63, 3.8) is 0 Å². The number of rotatable bonds is 4. The smallest absolute Gasteiger partial charge is 0.224 e. The van der Waals surface area contributed by atoms with E-state index < -0.39 is 0 Å². The maximum Gasteiger partial charge on any atom is 0.224 e. The number of amides is 1. The molecule has 3 aliphatic rings. The summed E-state index contributed by atoms with van der Waals surface area (Å²) < 4.78 is 5.31. The van der Waals surface area contributed by atoms with Crippen molar-refractivity contribution in [3.8, 4) is 0 Å². The Labute approximate surface area is 103 Å². The Morgan fingerprint density at radius 2 is 2.24 bits per heavy atom. The molecule has 98 valence electrons. The first-order valence-electron chi connectivity index (χ1n) is 6.58. The van der Waals surface area contributed by atoms with Crippen LogP contribution < -0.4 is 10.6 Å². The fourth-order valence-electron chi connectivity index (χ4n) is 2.80. The van der Waals surface area contributed by atoms with Gasteiger partial charge in [-0.05, 0) is 45.6 Å². The highest BCUT2D eigenvalue weighted by atomic mass is 16.5. The van der Waals surface area contributed by atoms with E-state index in [1.165, 1.54) is 6.42 Å². The number of carbonyl (C=O) groups excluding carboxylic acids is 1. The van der Waals surface area contributed by atoms with E-state index in [-0.39, 0.29) is 17.4 Å². The number of methoxy groups -OCH3 is 1. The van der Waals surface area contributed by atoms with Crippen LogP contribution in [0, 0.1) is 11.8 Å². The summed E-state index contributed by atoms with van der Waals surface area (Å²) in [7, 11) is 1.68. The maximum atomic E-state index is 12.1. The molecule has 17 heavy (non-hydrogen) atoms. The second-order valence-corrected chi connectivity index (χ2v) is 5.98. The Hall–Kier alpha value is -0.610.